The number of benzene rings is 1. The maximum Gasteiger partial charge on any atom is 0.230 e. The molecule has 0 spiro atoms. The molecule has 4 rings (SSSR count). The number of fused-ring (bicyclic) bond motifs is 2. The van der Waals surface area contributed by atoms with Crippen molar-refractivity contribution in [3.63, 3.8) is 0 Å². The van der Waals surface area contributed by atoms with E-state index in [1.165, 1.54) is 0 Å². The summed E-state index contributed by atoms with van der Waals surface area (Å²) < 4.78 is 6.02. The Hall–Kier alpha value is -2.42. The van der Waals surface area contributed by atoms with Crippen LogP contribution in [0.5, 0.6) is 0 Å². The van der Waals surface area contributed by atoms with Crippen LogP contribution in [-0.4, -0.2) is 23.1 Å². The van der Waals surface area contributed by atoms with Crippen molar-refractivity contribution in [2.75, 3.05) is 5.32 Å². The SMILES string of the molecule is N#Cc1cc(Cl)ccc1NC(=O)C1C2CCC(O2)C1c1ccncc1. The maximum atomic E-state index is 13.0. The molecule has 1 aromatic carbocycles. The molecule has 4 unspecified atom stereocenters. The summed E-state index contributed by atoms with van der Waals surface area (Å²) in [6, 6.07) is 10.8. The van der Waals surface area contributed by atoms with Gasteiger partial charge in [0, 0.05) is 23.3 Å². The van der Waals surface area contributed by atoms with Crippen LogP contribution in [0.3, 0.4) is 0 Å². The van der Waals surface area contributed by atoms with Gasteiger partial charge >= 0.3 is 0 Å². The second-order valence-electron chi connectivity index (χ2n) is 6.41. The Labute approximate surface area is 150 Å². The van der Waals surface area contributed by atoms with Crippen LogP contribution in [0.2, 0.25) is 5.02 Å². The summed E-state index contributed by atoms with van der Waals surface area (Å²) in [5, 5.41) is 12.6. The summed E-state index contributed by atoms with van der Waals surface area (Å²) in [5.41, 5.74) is 1.90. The van der Waals surface area contributed by atoms with E-state index in [2.05, 4.69) is 16.4 Å². The molecule has 3 heterocycles. The van der Waals surface area contributed by atoms with E-state index in [-0.39, 0.29) is 30.0 Å². The molecule has 6 heteroatoms. The number of carbonyl (C=O) groups is 1. The van der Waals surface area contributed by atoms with Gasteiger partial charge < -0.3 is 10.1 Å². The lowest BCUT2D eigenvalue weighted by molar-refractivity contribution is -0.121. The highest BCUT2D eigenvalue weighted by molar-refractivity contribution is 6.30. The standard InChI is InChI=1S/C19H16ClN3O2/c20-13-1-2-14(12(9-13)10-21)23-19(24)18-16-4-3-15(25-16)17(18)11-5-7-22-8-6-11/h1-2,5-9,15-18H,3-4H2,(H,23,24). The molecule has 0 aliphatic carbocycles. The molecule has 4 atom stereocenters. The molecule has 2 fully saturated rings. The van der Waals surface area contributed by atoms with Crippen molar-refractivity contribution < 1.29 is 9.53 Å². The van der Waals surface area contributed by atoms with Gasteiger partial charge in [0.05, 0.1) is 29.4 Å². The van der Waals surface area contributed by atoms with Gasteiger partial charge in [0.2, 0.25) is 5.91 Å². The predicted octanol–water partition coefficient (Wildman–Crippen LogP) is 3.51. The third kappa shape index (κ3) is 2.88. The van der Waals surface area contributed by atoms with Crippen LogP contribution in [0.15, 0.2) is 42.7 Å². The molecule has 1 aromatic heterocycles. The molecular formula is C19H16ClN3O2. The second-order valence-corrected chi connectivity index (χ2v) is 6.85. The summed E-state index contributed by atoms with van der Waals surface area (Å²) in [5.74, 6) is -0.379. The van der Waals surface area contributed by atoms with Crippen LogP contribution >= 0.6 is 11.6 Å². The largest absolute Gasteiger partial charge is 0.373 e. The van der Waals surface area contributed by atoms with Gasteiger partial charge in [-0.2, -0.15) is 5.26 Å². The lowest BCUT2D eigenvalue weighted by Crippen LogP contribution is -2.36. The van der Waals surface area contributed by atoms with E-state index < -0.39 is 0 Å². The van der Waals surface area contributed by atoms with Crippen LogP contribution in [-0.2, 0) is 9.53 Å². The number of hydrogen-bond donors (Lipinski definition) is 1. The normalized spacial score (nSPS) is 27.0. The first-order valence-corrected chi connectivity index (χ1v) is 8.61. The molecule has 0 radical (unpaired) electrons. The second kappa shape index (κ2) is 6.47. The van der Waals surface area contributed by atoms with E-state index in [1.807, 2.05) is 12.1 Å². The molecule has 126 valence electrons. The molecule has 0 saturated carbocycles. The lowest BCUT2D eigenvalue weighted by atomic mass is 9.75. The average molecular weight is 354 g/mol. The van der Waals surface area contributed by atoms with Gasteiger partial charge in [-0.3, -0.25) is 9.78 Å². The molecule has 2 aliphatic rings. The van der Waals surface area contributed by atoms with E-state index in [0.29, 0.717) is 16.3 Å². The highest BCUT2D eigenvalue weighted by Gasteiger charge is 2.52. The Morgan fingerprint density at radius 2 is 2.00 bits per heavy atom. The zero-order valence-electron chi connectivity index (χ0n) is 13.4. The van der Waals surface area contributed by atoms with E-state index in [4.69, 9.17) is 16.3 Å². The molecule has 2 bridgehead atoms. The number of ether oxygens (including phenoxy) is 1. The monoisotopic (exact) mass is 353 g/mol. The van der Waals surface area contributed by atoms with Crippen LogP contribution in [0.25, 0.3) is 0 Å². The van der Waals surface area contributed by atoms with Crippen LogP contribution in [0.4, 0.5) is 5.69 Å². The quantitative estimate of drug-likeness (QED) is 0.916. The number of nitriles is 1. The molecular weight excluding hydrogens is 338 g/mol. The lowest BCUT2D eigenvalue weighted by Gasteiger charge is -2.27. The van der Waals surface area contributed by atoms with Crippen molar-refractivity contribution >= 4 is 23.2 Å². The Morgan fingerprint density at radius 1 is 1.24 bits per heavy atom. The molecule has 2 saturated heterocycles. The van der Waals surface area contributed by atoms with Gasteiger partial charge in [-0.05, 0) is 48.7 Å². The molecule has 2 aliphatic heterocycles. The summed E-state index contributed by atoms with van der Waals surface area (Å²) >= 11 is 5.92. The highest BCUT2D eigenvalue weighted by Crippen LogP contribution is 2.49. The number of nitrogens with zero attached hydrogens (tertiary/aromatic N) is 2. The number of amides is 1. The maximum absolute atomic E-state index is 13.0. The molecule has 25 heavy (non-hydrogen) atoms. The average Bonchev–Trinajstić information content (AvgIpc) is 3.25. The topological polar surface area (TPSA) is 75.0 Å². The predicted molar refractivity (Wildman–Crippen MR) is 93.2 cm³/mol. The minimum absolute atomic E-state index is 0.0135. The van der Waals surface area contributed by atoms with Crippen LogP contribution in [0.1, 0.15) is 29.9 Å². The molecule has 1 amide bonds. The zero-order chi connectivity index (χ0) is 17.4. The number of hydrogen-bond acceptors (Lipinski definition) is 4. The van der Waals surface area contributed by atoms with Crippen molar-refractivity contribution in [1.29, 1.82) is 5.26 Å². The number of halogens is 1. The number of nitrogens with one attached hydrogen (secondary N) is 1. The summed E-state index contributed by atoms with van der Waals surface area (Å²) in [4.78, 5) is 17.0. The number of aromatic nitrogens is 1. The third-order valence-corrected chi connectivity index (χ3v) is 5.26. The smallest absolute Gasteiger partial charge is 0.230 e. The molecule has 2 aromatic rings. The number of anilines is 1. The van der Waals surface area contributed by atoms with Crippen LogP contribution < -0.4 is 5.32 Å². The number of pyridine rings is 1. The van der Waals surface area contributed by atoms with Crippen LogP contribution in [0, 0.1) is 17.2 Å². The first kappa shape index (κ1) is 16.1. The van der Waals surface area contributed by atoms with Crippen molar-refractivity contribution in [1.82, 2.24) is 4.98 Å². The van der Waals surface area contributed by atoms with E-state index in [0.717, 1.165) is 18.4 Å². The van der Waals surface area contributed by atoms with Crippen molar-refractivity contribution in [3.8, 4) is 6.07 Å². The van der Waals surface area contributed by atoms with Crippen molar-refractivity contribution in [2.45, 2.75) is 31.0 Å². The van der Waals surface area contributed by atoms with Gasteiger partial charge in [-0.15, -0.1) is 0 Å². The fourth-order valence-corrected chi connectivity index (χ4v) is 4.13. The fourth-order valence-electron chi connectivity index (χ4n) is 3.95. The van der Waals surface area contributed by atoms with E-state index in [9.17, 15) is 10.1 Å². The third-order valence-electron chi connectivity index (χ3n) is 5.03. The van der Waals surface area contributed by atoms with Crippen molar-refractivity contribution in [2.24, 2.45) is 5.92 Å². The first-order chi connectivity index (χ1) is 12.2. The number of rotatable bonds is 3. The first-order valence-electron chi connectivity index (χ1n) is 8.23. The Balaban J connectivity index is 1.62. The zero-order valence-corrected chi connectivity index (χ0v) is 14.1. The minimum Gasteiger partial charge on any atom is -0.373 e. The molecule has 5 nitrogen and oxygen atoms in total. The summed E-state index contributed by atoms with van der Waals surface area (Å²) in [7, 11) is 0. The van der Waals surface area contributed by atoms with Gasteiger partial charge in [0.25, 0.3) is 0 Å². The van der Waals surface area contributed by atoms with Gasteiger partial charge in [-0.25, -0.2) is 0 Å². The Morgan fingerprint density at radius 3 is 2.76 bits per heavy atom. The highest BCUT2D eigenvalue weighted by atomic mass is 35.5. The van der Waals surface area contributed by atoms with Gasteiger partial charge in [-0.1, -0.05) is 11.6 Å². The van der Waals surface area contributed by atoms with Gasteiger partial charge in [0.1, 0.15) is 6.07 Å². The van der Waals surface area contributed by atoms with Crippen molar-refractivity contribution in [3.05, 3.63) is 58.9 Å². The fraction of sp³-hybridized carbons (Fsp3) is 0.316. The molecule has 1 N–H and O–H groups in total. The summed E-state index contributed by atoms with van der Waals surface area (Å²) in [6.07, 6.45) is 5.30. The summed E-state index contributed by atoms with van der Waals surface area (Å²) in [6.45, 7) is 0. The minimum atomic E-state index is -0.275. The van der Waals surface area contributed by atoms with Gasteiger partial charge in [0.15, 0.2) is 0 Å². The van der Waals surface area contributed by atoms with E-state index in [1.54, 1.807) is 30.6 Å². The number of carbonyl (C=O) groups excluding carboxylic acids is 1. The Kier molecular flexibility index (Phi) is 4.16. The Bertz CT molecular complexity index is 849. The van der Waals surface area contributed by atoms with E-state index >= 15 is 0 Å².